The summed E-state index contributed by atoms with van der Waals surface area (Å²) >= 11 is 3.47. The van der Waals surface area contributed by atoms with Crippen LogP contribution >= 0.6 is 15.9 Å². The maximum atomic E-state index is 13.4. The van der Waals surface area contributed by atoms with Crippen LogP contribution in [-0.2, 0) is 17.6 Å². The molecule has 7 heteroatoms. The average molecular weight is 452 g/mol. The van der Waals surface area contributed by atoms with E-state index in [9.17, 15) is 9.18 Å². The van der Waals surface area contributed by atoms with Crippen molar-refractivity contribution in [2.75, 3.05) is 13.1 Å². The highest BCUT2D eigenvalue weighted by atomic mass is 79.9. The van der Waals surface area contributed by atoms with Gasteiger partial charge in [0.25, 0.3) is 0 Å². The molecule has 1 amide bonds. The van der Waals surface area contributed by atoms with Crippen LogP contribution in [0.3, 0.4) is 0 Å². The lowest BCUT2D eigenvalue weighted by Gasteiger charge is -2.33. The van der Waals surface area contributed by atoms with Crippen molar-refractivity contribution in [3.05, 3.63) is 51.8 Å². The topological polar surface area (TPSA) is 58.2 Å². The lowest BCUT2D eigenvalue weighted by Crippen LogP contribution is -2.41. The van der Waals surface area contributed by atoms with Gasteiger partial charge in [-0.25, -0.2) is 14.2 Å². The Morgan fingerprint density at radius 2 is 2.04 bits per heavy atom. The van der Waals surface area contributed by atoms with E-state index >= 15 is 0 Å². The molecule has 1 aromatic heterocycles. The zero-order valence-electron chi connectivity index (χ0n) is 16.6. The molecule has 3 rings (SSSR count). The first-order chi connectivity index (χ1) is 13.2. The zero-order chi connectivity index (χ0) is 20.3. The molecule has 2 aromatic rings. The monoisotopic (exact) mass is 451 g/mol. The molecule has 0 radical (unpaired) electrons. The molecule has 1 fully saturated rings. The molecule has 0 atom stereocenters. The minimum Gasteiger partial charge on any atom is -0.444 e. The van der Waals surface area contributed by atoms with Crippen molar-refractivity contribution >= 4 is 22.0 Å². The standard InChI is InChI=1S/C21H27BrFN3O2/c1-21(2,3)28-20(27)26-10-8-14(9-11-26)18-13-24-19(25-18)7-4-15-12-16(23)5-6-17(15)22/h5-6,12-14H,4,7-11H2,1-3H3,(H,24,25). The van der Waals surface area contributed by atoms with E-state index < -0.39 is 5.60 Å². The number of ether oxygens (including phenoxy) is 1. The first-order valence-corrected chi connectivity index (χ1v) is 10.5. The van der Waals surface area contributed by atoms with Gasteiger partial charge >= 0.3 is 6.09 Å². The Kier molecular flexibility index (Phi) is 6.43. The number of piperidine rings is 1. The molecule has 1 aliphatic rings. The van der Waals surface area contributed by atoms with Gasteiger partial charge < -0.3 is 14.6 Å². The number of carbonyl (C=O) groups is 1. The highest BCUT2D eigenvalue weighted by Gasteiger charge is 2.28. The second kappa shape index (κ2) is 8.64. The number of aromatic amines is 1. The lowest BCUT2D eigenvalue weighted by molar-refractivity contribution is 0.0204. The van der Waals surface area contributed by atoms with Gasteiger partial charge in [-0.15, -0.1) is 0 Å². The van der Waals surface area contributed by atoms with Gasteiger partial charge in [-0.2, -0.15) is 0 Å². The maximum absolute atomic E-state index is 13.4. The fourth-order valence-corrected chi connectivity index (χ4v) is 3.85. The number of carbonyl (C=O) groups excluding carboxylic acids is 1. The number of hydrogen-bond acceptors (Lipinski definition) is 3. The predicted octanol–water partition coefficient (Wildman–Crippen LogP) is 5.21. The van der Waals surface area contributed by atoms with Crippen LogP contribution in [0.15, 0.2) is 28.9 Å². The molecule has 5 nitrogen and oxygen atoms in total. The summed E-state index contributed by atoms with van der Waals surface area (Å²) in [4.78, 5) is 21.9. The summed E-state index contributed by atoms with van der Waals surface area (Å²) in [5.74, 6) is 1.04. The van der Waals surface area contributed by atoms with E-state index in [0.717, 1.165) is 40.8 Å². The maximum Gasteiger partial charge on any atom is 0.410 e. The fraction of sp³-hybridized carbons (Fsp3) is 0.524. The summed E-state index contributed by atoms with van der Waals surface area (Å²) in [5.41, 5.74) is 1.57. The SMILES string of the molecule is CC(C)(C)OC(=O)N1CCC(c2cnc(CCc3cc(F)ccc3Br)[nH]2)CC1. The summed E-state index contributed by atoms with van der Waals surface area (Å²) in [6.07, 6.45) is 4.86. The molecule has 1 N–H and O–H groups in total. The number of benzene rings is 1. The van der Waals surface area contributed by atoms with Crippen LogP contribution in [0.4, 0.5) is 9.18 Å². The van der Waals surface area contributed by atoms with Gasteiger partial charge in [-0.1, -0.05) is 15.9 Å². The molecular weight excluding hydrogens is 425 g/mol. The molecular formula is C21H27BrFN3O2. The minimum atomic E-state index is -0.469. The number of rotatable bonds is 4. The van der Waals surface area contributed by atoms with E-state index in [1.165, 1.54) is 6.07 Å². The molecule has 0 unspecified atom stereocenters. The minimum absolute atomic E-state index is 0.227. The molecule has 1 aliphatic heterocycles. The van der Waals surface area contributed by atoms with Crippen molar-refractivity contribution in [2.45, 2.75) is 58.0 Å². The van der Waals surface area contributed by atoms with E-state index in [0.29, 0.717) is 25.4 Å². The van der Waals surface area contributed by atoms with Crippen LogP contribution < -0.4 is 0 Å². The van der Waals surface area contributed by atoms with Crippen molar-refractivity contribution in [1.82, 2.24) is 14.9 Å². The van der Waals surface area contributed by atoms with Gasteiger partial charge in [0, 0.05) is 41.8 Å². The normalized spacial score (nSPS) is 15.7. The Bertz CT molecular complexity index is 823. The summed E-state index contributed by atoms with van der Waals surface area (Å²) in [6.45, 7) is 7.01. The molecule has 0 spiro atoms. The second-order valence-corrected chi connectivity index (χ2v) is 9.12. The van der Waals surface area contributed by atoms with Crippen molar-refractivity contribution in [2.24, 2.45) is 0 Å². The van der Waals surface area contributed by atoms with Gasteiger partial charge in [0.1, 0.15) is 17.2 Å². The number of nitrogens with zero attached hydrogens (tertiary/aromatic N) is 2. The summed E-state index contributed by atoms with van der Waals surface area (Å²) in [6, 6.07) is 4.74. The summed E-state index contributed by atoms with van der Waals surface area (Å²) in [7, 11) is 0. The Morgan fingerprint density at radius 3 is 2.71 bits per heavy atom. The third-order valence-electron chi connectivity index (χ3n) is 4.87. The van der Waals surface area contributed by atoms with Gasteiger partial charge in [0.2, 0.25) is 0 Å². The summed E-state index contributed by atoms with van der Waals surface area (Å²) in [5, 5.41) is 0. The lowest BCUT2D eigenvalue weighted by atomic mass is 9.94. The largest absolute Gasteiger partial charge is 0.444 e. The van der Waals surface area contributed by atoms with E-state index in [1.807, 2.05) is 27.0 Å². The van der Waals surface area contributed by atoms with E-state index in [4.69, 9.17) is 4.74 Å². The quantitative estimate of drug-likeness (QED) is 0.693. The Morgan fingerprint density at radius 1 is 1.32 bits per heavy atom. The summed E-state index contributed by atoms with van der Waals surface area (Å²) < 4.78 is 19.8. The fourth-order valence-electron chi connectivity index (χ4n) is 3.40. The van der Waals surface area contributed by atoms with Gasteiger partial charge in [-0.05, 0) is 63.8 Å². The molecule has 1 aromatic carbocycles. The van der Waals surface area contributed by atoms with Crippen molar-refractivity contribution in [1.29, 1.82) is 0 Å². The highest BCUT2D eigenvalue weighted by molar-refractivity contribution is 9.10. The van der Waals surface area contributed by atoms with Gasteiger partial charge in [0.15, 0.2) is 0 Å². The molecule has 152 valence electrons. The number of nitrogens with one attached hydrogen (secondary N) is 1. The number of aromatic nitrogens is 2. The number of amides is 1. The molecule has 2 heterocycles. The Hall–Kier alpha value is -1.89. The molecule has 0 bridgehead atoms. The number of halogens is 2. The van der Waals surface area contributed by atoms with Crippen molar-refractivity contribution in [3.8, 4) is 0 Å². The predicted molar refractivity (Wildman–Crippen MR) is 110 cm³/mol. The smallest absolute Gasteiger partial charge is 0.410 e. The highest BCUT2D eigenvalue weighted by Crippen LogP contribution is 2.28. The third-order valence-corrected chi connectivity index (χ3v) is 5.65. The van der Waals surface area contributed by atoms with E-state index in [-0.39, 0.29) is 11.9 Å². The van der Waals surface area contributed by atoms with Crippen molar-refractivity contribution in [3.63, 3.8) is 0 Å². The Labute approximate surface area is 173 Å². The number of aryl methyl sites for hydroxylation is 2. The van der Waals surface area contributed by atoms with Crippen LogP contribution in [-0.4, -0.2) is 39.7 Å². The van der Waals surface area contributed by atoms with Crippen LogP contribution in [0.1, 0.15) is 56.6 Å². The number of hydrogen-bond donors (Lipinski definition) is 1. The van der Waals surface area contributed by atoms with E-state index in [1.54, 1.807) is 17.0 Å². The van der Waals surface area contributed by atoms with Crippen LogP contribution in [0.2, 0.25) is 0 Å². The average Bonchev–Trinajstić information content (AvgIpc) is 3.10. The third kappa shape index (κ3) is 5.56. The molecule has 1 saturated heterocycles. The number of likely N-dealkylation sites (tertiary alicyclic amines) is 1. The van der Waals surface area contributed by atoms with Gasteiger partial charge in [0.05, 0.1) is 0 Å². The Balaban J connectivity index is 1.52. The first-order valence-electron chi connectivity index (χ1n) is 9.67. The number of H-pyrrole nitrogens is 1. The van der Waals surface area contributed by atoms with Crippen LogP contribution in [0.25, 0.3) is 0 Å². The second-order valence-electron chi connectivity index (χ2n) is 8.26. The van der Waals surface area contributed by atoms with Gasteiger partial charge in [-0.3, -0.25) is 0 Å². The van der Waals surface area contributed by atoms with E-state index in [2.05, 4.69) is 25.9 Å². The van der Waals surface area contributed by atoms with Crippen molar-refractivity contribution < 1.29 is 13.9 Å². The van der Waals surface area contributed by atoms with Crippen LogP contribution in [0, 0.1) is 5.82 Å². The molecule has 28 heavy (non-hydrogen) atoms. The molecule has 0 aliphatic carbocycles. The molecule has 0 saturated carbocycles. The first kappa shape index (κ1) is 20.8. The number of imidazole rings is 1. The zero-order valence-corrected chi connectivity index (χ0v) is 18.2. The van der Waals surface area contributed by atoms with Crippen LogP contribution in [0.5, 0.6) is 0 Å².